The molecule has 1 amide bonds. The molecule has 1 aliphatic carbocycles. The summed E-state index contributed by atoms with van der Waals surface area (Å²) < 4.78 is 11.8. The van der Waals surface area contributed by atoms with Gasteiger partial charge in [0.25, 0.3) is 5.91 Å². The van der Waals surface area contributed by atoms with Crippen molar-refractivity contribution < 1.29 is 24.2 Å². The number of piperidine rings is 1. The molecule has 3 aromatic rings. The molecule has 2 aliphatic rings. The minimum atomic E-state index is -0.757. The Hall–Kier alpha value is -4.14. The molecule has 9 nitrogen and oxygen atoms in total. The lowest BCUT2D eigenvalue weighted by molar-refractivity contribution is -0.137. The van der Waals surface area contributed by atoms with Gasteiger partial charge in [0.2, 0.25) is 5.95 Å². The molecule has 2 aromatic carbocycles. The number of fused-ring (bicyclic) bond motifs is 1. The Morgan fingerprint density at radius 2 is 1.67 bits per heavy atom. The highest BCUT2D eigenvalue weighted by Crippen LogP contribution is 2.38. The number of ether oxygens (including phenoxy) is 2. The summed E-state index contributed by atoms with van der Waals surface area (Å²) in [5.74, 6) is 1.48. The molecule has 45 heavy (non-hydrogen) atoms. The van der Waals surface area contributed by atoms with Gasteiger partial charge in [-0.1, -0.05) is 26.8 Å². The molecule has 0 saturated carbocycles. The number of amides is 1. The molecular weight excluding hydrogens is 568 g/mol. The van der Waals surface area contributed by atoms with Gasteiger partial charge in [-0.15, -0.1) is 0 Å². The number of aliphatic carboxylic acids is 1. The van der Waals surface area contributed by atoms with Crippen molar-refractivity contribution >= 4 is 23.5 Å². The Bertz CT molecular complexity index is 1520. The van der Waals surface area contributed by atoms with Gasteiger partial charge >= 0.3 is 5.97 Å². The average Bonchev–Trinajstić information content (AvgIpc) is 3.38. The summed E-state index contributed by atoms with van der Waals surface area (Å²) in [5.41, 5.74) is 5.28. The fraction of sp³-hybridized carbons (Fsp3) is 0.500. The van der Waals surface area contributed by atoms with Crippen molar-refractivity contribution in [2.45, 2.75) is 72.6 Å². The third kappa shape index (κ3) is 7.93. The lowest BCUT2D eigenvalue weighted by atomic mass is 9.95. The summed E-state index contributed by atoms with van der Waals surface area (Å²) in [6, 6.07) is 13.7. The summed E-state index contributed by atoms with van der Waals surface area (Å²) in [5, 5.41) is 9.30. The topological polar surface area (TPSA) is 105 Å². The molecule has 1 atom stereocenters. The third-order valence-electron chi connectivity index (χ3n) is 8.71. The Labute approximate surface area is 266 Å². The number of rotatable bonds is 10. The monoisotopic (exact) mass is 614 g/mol. The molecule has 0 spiro atoms. The van der Waals surface area contributed by atoms with E-state index in [0.29, 0.717) is 36.3 Å². The maximum atomic E-state index is 14.3. The second-order valence-electron chi connectivity index (χ2n) is 13.7. The van der Waals surface area contributed by atoms with Gasteiger partial charge in [-0.2, -0.15) is 0 Å². The van der Waals surface area contributed by atoms with E-state index in [1.807, 2.05) is 50.2 Å². The summed E-state index contributed by atoms with van der Waals surface area (Å²) in [7, 11) is 1.64. The zero-order valence-electron chi connectivity index (χ0n) is 27.4. The number of carboxylic acid groups (broad SMARTS) is 1. The smallest absolute Gasteiger partial charge is 0.303 e. The number of methoxy groups -OCH3 is 1. The largest absolute Gasteiger partial charge is 0.497 e. The minimum absolute atomic E-state index is 0.0601. The third-order valence-corrected chi connectivity index (χ3v) is 8.71. The Kier molecular flexibility index (Phi) is 9.65. The summed E-state index contributed by atoms with van der Waals surface area (Å²) >= 11 is 0. The molecule has 5 rings (SSSR count). The first-order chi connectivity index (χ1) is 21.4. The predicted molar refractivity (Wildman–Crippen MR) is 176 cm³/mol. The number of carboxylic acids is 1. The second-order valence-corrected chi connectivity index (χ2v) is 13.7. The molecule has 1 aromatic heterocycles. The Morgan fingerprint density at radius 3 is 2.31 bits per heavy atom. The number of anilines is 2. The van der Waals surface area contributed by atoms with Crippen LogP contribution < -0.4 is 19.3 Å². The average molecular weight is 615 g/mol. The van der Waals surface area contributed by atoms with Gasteiger partial charge in [-0.3, -0.25) is 14.5 Å². The number of hydrogen-bond acceptors (Lipinski definition) is 7. The van der Waals surface area contributed by atoms with E-state index in [1.165, 1.54) is 5.56 Å². The van der Waals surface area contributed by atoms with Gasteiger partial charge in [0, 0.05) is 37.1 Å². The molecule has 1 aliphatic heterocycles. The summed E-state index contributed by atoms with van der Waals surface area (Å²) in [6.45, 7) is 12.8. The van der Waals surface area contributed by atoms with E-state index in [2.05, 4.69) is 41.7 Å². The zero-order chi connectivity index (χ0) is 32.3. The summed E-state index contributed by atoms with van der Waals surface area (Å²) in [4.78, 5) is 38.9. The molecule has 1 N–H and O–H groups in total. The van der Waals surface area contributed by atoms with Gasteiger partial charge in [0.15, 0.2) is 0 Å². The highest BCUT2D eigenvalue weighted by atomic mass is 16.5. The maximum absolute atomic E-state index is 14.3. The minimum Gasteiger partial charge on any atom is -0.497 e. The number of hydrogen-bond donors (Lipinski definition) is 1. The highest BCUT2D eigenvalue weighted by Gasteiger charge is 2.31. The molecule has 1 fully saturated rings. The van der Waals surface area contributed by atoms with Crippen LogP contribution in [0.25, 0.3) is 0 Å². The van der Waals surface area contributed by atoms with Crippen molar-refractivity contribution in [1.82, 2.24) is 9.97 Å². The number of nitrogens with zero attached hydrogens (tertiary/aromatic N) is 4. The predicted octanol–water partition coefficient (Wildman–Crippen LogP) is 6.59. The number of carbonyl (C=O) groups excluding carboxylic acids is 1. The summed E-state index contributed by atoms with van der Waals surface area (Å²) in [6.07, 6.45) is 3.80. The van der Waals surface area contributed by atoms with Crippen LogP contribution in [0.3, 0.4) is 0 Å². The normalized spacial score (nSPS) is 16.8. The number of aromatic nitrogens is 2. The van der Waals surface area contributed by atoms with E-state index in [0.717, 1.165) is 67.2 Å². The molecule has 2 heterocycles. The lowest BCUT2D eigenvalue weighted by Gasteiger charge is -2.35. The first-order valence-electron chi connectivity index (χ1n) is 15.9. The van der Waals surface area contributed by atoms with Crippen LogP contribution >= 0.6 is 0 Å². The quantitative estimate of drug-likeness (QED) is 0.273. The van der Waals surface area contributed by atoms with Crippen molar-refractivity contribution in [2.75, 3.05) is 43.2 Å². The molecule has 0 bridgehead atoms. The number of carbonyl (C=O) groups is 2. The van der Waals surface area contributed by atoms with Gasteiger partial charge in [0.1, 0.15) is 11.5 Å². The maximum Gasteiger partial charge on any atom is 0.303 e. The molecule has 1 unspecified atom stereocenters. The van der Waals surface area contributed by atoms with Crippen molar-refractivity contribution in [3.05, 3.63) is 70.5 Å². The second kappa shape index (κ2) is 13.5. The van der Waals surface area contributed by atoms with Crippen LogP contribution in [0.4, 0.5) is 11.6 Å². The van der Waals surface area contributed by atoms with Crippen LogP contribution in [-0.2, 0) is 11.2 Å². The molecule has 0 radical (unpaired) electrons. The van der Waals surface area contributed by atoms with Crippen LogP contribution in [0.2, 0.25) is 0 Å². The van der Waals surface area contributed by atoms with Gasteiger partial charge in [0.05, 0.1) is 31.4 Å². The van der Waals surface area contributed by atoms with Crippen LogP contribution in [0.5, 0.6) is 11.5 Å². The Morgan fingerprint density at radius 1 is 0.978 bits per heavy atom. The van der Waals surface area contributed by atoms with E-state index in [-0.39, 0.29) is 23.7 Å². The van der Waals surface area contributed by atoms with Crippen LogP contribution in [-0.4, -0.2) is 60.3 Å². The van der Waals surface area contributed by atoms with Crippen molar-refractivity contribution in [2.24, 2.45) is 11.3 Å². The first kappa shape index (κ1) is 32.3. The van der Waals surface area contributed by atoms with E-state index in [9.17, 15) is 14.7 Å². The van der Waals surface area contributed by atoms with Gasteiger partial charge in [-0.05, 0) is 98.2 Å². The van der Waals surface area contributed by atoms with E-state index in [1.54, 1.807) is 12.0 Å². The lowest BCUT2D eigenvalue weighted by Crippen LogP contribution is -2.41. The first-order valence-corrected chi connectivity index (χ1v) is 15.9. The van der Waals surface area contributed by atoms with Crippen molar-refractivity contribution in [3.63, 3.8) is 0 Å². The van der Waals surface area contributed by atoms with E-state index < -0.39 is 5.97 Å². The molecular formula is C36H46N4O5. The highest BCUT2D eigenvalue weighted by molar-refractivity contribution is 6.09. The van der Waals surface area contributed by atoms with Crippen LogP contribution in [0, 0.1) is 25.2 Å². The van der Waals surface area contributed by atoms with Crippen molar-refractivity contribution in [1.29, 1.82) is 0 Å². The fourth-order valence-corrected chi connectivity index (χ4v) is 6.50. The van der Waals surface area contributed by atoms with E-state index >= 15 is 0 Å². The van der Waals surface area contributed by atoms with E-state index in [4.69, 9.17) is 9.47 Å². The fourth-order valence-electron chi connectivity index (χ4n) is 6.50. The molecule has 9 heteroatoms. The van der Waals surface area contributed by atoms with Gasteiger partial charge < -0.3 is 19.5 Å². The van der Waals surface area contributed by atoms with Crippen LogP contribution in [0.1, 0.15) is 85.2 Å². The number of benzene rings is 2. The standard InChI is InChI=1S/C36H46N4O5/c1-23-17-24(2)38-35(37-23)40(22-36(3,4)5)34(43)30-12-11-28(44-6)20-32(30)39-15-13-25(14-16-39)21-45-29-10-9-26-7-8-27(18-33(41)42)31(26)19-29/h9-12,17,19-20,25,27H,7-8,13-16,18,21-22H2,1-6H3,(H,41,42). The zero-order valence-corrected chi connectivity index (χ0v) is 27.4. The van der Waals surface area contributed by atoms with Crippen molar-refractivity contribution in [3.8, 4) is 11.5 Å². The van der Waals surface area contributed by atoms with Crippen LogP contribution in [0.15, 0.2) is 42.5 Å². The SMILES string of the molecule is COc1ccc(C(=O)N(CC(C)(C)C)c2nc(C)cc(C)n2)c(N2CCC(COc3ccc4c(c3)C(CC(=O)O)CC4)CC2)c1. The molecule has 240 valence electrons. The molecule has 1 saturated heterocycles. The van der Waals surface area contributed by atoms with Gasteiger partial charge in [-0.25, -0.2) is 9.97 Å². The number of aryl methyl sites for hydroxylation is 3. The Balaban J connectivity index is 1.30.